The number of amides is 1. The van der Waals surface area contributed by atoms with Crippen LogP contribution in [0.5, 0.6) is 0 Å². The highest BCUT2D eigenvalue weighted by Crippen LogP contribution is 2.13. The highest BCUT2D eigenvalue weighted by atomic mass is 32.1. The lowest BCUT2D eigenvalue weighted by Crippen LogP contribution is -2.20. The summed E-state index contributed by atoms with van der Waals surface area (Å²) in [5.41, 5.74) is 7.35. The number of benzene rings is 1. The lowest BCUT2D eigenvalue weighted by atomic mass is 10.1. The largest absolute Gasteiger partial charge is 0.393 e. The summed E-state index contributed by atoms with van der Waals surface area (Å²) in [6, 6.07) is 7.62. The van der Waals surface area contributed by atoms with Gasteiger partial charge in [0.05, 0.1) is 4.99 Å². The zero-order chi connectivity index (χ0) is 13.5. The van der Waals surface area contributed by atoms with Gasteiger partial charge in [0, 0.05) is 18.0 Å². The third kappa shape index (κ3) is 4.84. The Morgan fingerprint density at radius 1 is 1.39 bits per heavy atom. The lowest BCUT2D eigenvalue weighted by Gasteiger charge is -2.11. The molecule has 1 atom stereocenters. The Bertz CT molecular complexity index is 414. The summed E-state index contributed by atoms with van der Waals surface area (Å²) in [6.45, 7) is 4.02. The lowest BCUT2D eigenvalue weighted by molar-refractivity contribution is -0.119. The first-order valence-electron chi connectivity index (χ1n) is 6.21. The Morgan fingerprint density at radius 3 is 2.50 bits per heavy atom. The molecule has 18 heavy (non-hydrogen) atoms. The smallest absolute Gasteiger partial charge is 0.227 e. The fourth-order valence-corrected chi connectivity index (χ4v) is 1.90. The molecule has 3 N–H and O–H groups in total. The molecule has 0 aromatic heterocycles. The molecule has 0 fully saturated rings. The first-order valence-corrected chi connectivity index (χ1v) is 6.62. The molecule has 0 spiro atoms. The molecule has 1 aromatic rings. The van der Waals surface area contributed by atoms with Gasteiger partial charge in [-0.15, -0.1) is 0 Å². The van der Waals surface area contributed by atoms with E-state index in [2.05, 4.69) is 12.2 Å². The molecule has 0 aliphatic carbocycles. The predicted molar refractivity (Wildman–Crippen MR) is 79.6 cm³/mol. The van der Waals surface area contributed by atoms with Gasteiger partial charge in [0.1, 0.15) is 0 Å². The topological polar surface area (TPSA) is 55.1 Å². The molecule has 1 amide bonds. The molecule has 0 radical (unpaired) electrons. The Labute approximate surface area is 114 Å². The van der Waals surface area contributed by atoms with Gasteiger partial charge in [-0.1, -0.05) is 44.6 Å². The van der Waals surface area contributed by atoms with Gasteiger partial charge in [-0.3, -0.25) is 4.79 Å². The summed E-state index contributed by atoms with van der Waals surface area (Å²) in [7, 11) is 0. The van der Waals surface area contributed by atoms with E-state index in [0.29, 0.717) is 11.4 Å². The second-order valence-electron chi connectivity index (χ2n) is 4.52. The normalized spacial score (nSPS) is 11.9. The quantitative estimate of drug-likeness (QED) is 0.777. The molecule has 0 saturated heterocycles. The van der Waals surface area contributed by atoms with E-state index in [4.69, 9.17) is 18.0 Å². The molecule has 4 heteroatoms. The van der Waals surface area contributed by atoms with Crippen molar-refractivity contribution in [1.29, 1.82) is 0 Å². The third-order valence-electron chi connectivity index (χ3n) is 2.77. The fraction of sp³-hybridized carbons (Fsp3) is 0.429. The van der Waals surface area contributed by atoms with E-state index < -0.39 is 0 Å². The number of nitrogens with two attached hydrogens (primary N) is 1. The SMILES string of the molecule is CCCC(C)C(=O)Nc1ccc(CC(N)=S)cc1. The summed E-state index contributed by atoms with van der Waals surface area (Å²) < 4.78 is 0. The van der Waals surface area contributed by atoms with Gasteiger partial charge in [0.15, 0.2) is 0 Å². The maximum absolute atomic E-state index is 11.8. The molecule has 3 nitrogen and oxygen atoms in total. The Balaban J connectivity index is 2.58. The third-order valence-corrected chi connectivity index (χ3v) is 2.91. The number of hydrogen-bond donors (Lipinski definition) is 2. The highest BCUT2D eigenvalue weighted by Gasteiger charge is 2.11. The van der Waals surface area contributed by atoms with Crippen LogP contribution >= 0.6 is 12.2 Å². The van der Waals surface area contributed by atoms with Crippen molar-refractivity contribution in [1.82, 2.24) is 0 Å². The van der Waals surface area contributed by atoms with Crippen LogP contribution in [0.15, 0.2) is 24.3 Å². The molecule has 0 heterocycles. The van der Waals surface area contributed by atoms with Crippen LogP contribution in [0, 0.1) is 5.92 Å². The van der Waals surface area contributed by atoms with E-state index in [1.54, 1.807) is 0 Å². The highest BCUT2D eigenvalue weighted by molar-refractivity contribution is 7.80. The van der Waals surface area contributed by atoms with E-state index in [0.717, 1.165) is 24.1 Å². The Kier molecular flexibility index (Phi) is 5.78. The standard InChI is InChI=1S/C14H20N2OS/c1-3-4-10(2)14(17)16-12-7-5-11(6-8-12)9-13(15)18/h5-8,10H,3-4,9H2,1-2H3,(H2,15,18)(H,16,17). The van der Waals surface area contributed by atoms with Crippen LogP contribution in [-0.2, 0) is 11.2 Å². The summed E-state index contributed by atoms with van der Waals surface area (Å²) in [4.78, 5) is 12.3. The van der Waals surface area contributed by atoms with Gasteiger partial charge >= 0.3 is 0 Å². The number of anilines is 1. The van der Waals surface area contributed by atoms with E-state index in [9.17, 15) is 4.79 Å². The second kappa shape index (κ2) is 7.11. The molecule has 0 bridgehead atoms. The monoisotopic (exact) mass is 264 g/mol. The average Bonchev–Trinajstić information content (AvgIpc) is 2.31. The van der Waals surface area contributed by atoms with Gasteiger partial charge in [-0.25, -0.2) is 0 Å². The van der Waals surface area contributed by atoms with Gasteiger partial charge in [-0.2, -0.15) is 0 Å². The van der Waals surface area contributed by atoms with E-state index in [-0.39, 0.29) is 11.8 Å². The van der Waals surface area contributed by atoms with Crippen molar-refractivity contribution in [3.63, 3.8) is 0 Å². The van der Waals surface area contributed by atoms with Crippen LogP contribution in [0.4, 0.5) is 5.69 Å². The first-order chi connectivity index (χ1) is 8.52. The number of carbonyl (C=O) groups is 1. The summed E-state index contributed by atoms with van der Waals surface area (Å²) in [5.74, 6) is 0.116. The minimum absolute atomic E-state index is 0.0475. The van der Waals surface area contributed by atoms with Crippen LogP contribution in [0.2, 0.25) is 0 Å². The first kappa shape index (κ1) is 14.6. The Hall–Kier alpha value is -1.42. The molecule has 1 aromatic carbocycles. The van der Waals surface area contributed by atoms with E-state index in [1.807, 2.05) is 31.2 Å². The molecular formula is C14H20N2OS. The van der Waals surface area contributed by atoms with Crippen molar-refractivity contribution in [2.24, 2.45) is 11.7 Å². The maximum atomic E-state index is 11.8. The second-order valence-corrected chi connectivity index (χ2v) is 5.04. The van der Waals surface area contributed by atoms with Crippen LogP contribution in [0.1, 0.15) is 32.3 Å². The summed E-state index contributed by atoms with van der Waals surface area (Å²) in [6.07, 6.45) is 2.52. The minimum Gasteiger partial charge on any atom is -0.393 e. The average molecular weight is 264 g/mol. The van der Waals surface area contributed by atoms with Crippen LogP contribution in [-0.4, -0.2) is 10.9 Å². The van der Waals surface area contributed by atoms with E-state index >= 15 is 0 Å². The van der Waals surface area contributed by atoms with Gasteiger partial charge in [-0.05, 0) is 24.1 Å². The summed E-state index contributed by atoms with van der Waals surface area (Å²) >= 11 is 4.85. The minimum atomic E-state index is 0.0475. The fourth-order valence-electron chi connectivity index (χ4n) is 1.74. The number of rotatable bonds is 6. The molecule has 98 valence electrons. The molecule has 0 saturated carbocycles. The van der Waals surface area contributed by atoms with Crippen molar-refractivity contribution in [3.8, 4) is 0 Å². The number of carbonyl (C=O) groups excluding carboxylic acids is 1. The van der Waals surface area contributed by atoms with Crippen LogP contribution in [0.3, 0.4) is 0 Å². The van der Waals surface area contributed by atoms with Crippen molar-refractivity contribution < 1.29 is 4.79 Å². The molecular weight excluding hydrogens is 244 g/mol. The van der Waals surface area contributed by atoms with Gasteiger partial charge in [0.2, 0.25) is 5.91 Å². The Morgan fingerprint density at radius 2 is 2.00 bits per heavy atom. The summed E-state index contributed by atoms with van der Waals surface area (Å²) in [5, 5.41) is 2.90. The maximum Gasteiger partial charge on any atom is 0.227 e. The number of thiocarbonyl (C=S) groups is 1. The van der Waals surface area contributed by atoms with Gasteiger partial charge in [0.25, 0.3) is 0 Å². The van der Waals surface area contributed by atoms with Crippen LogP contribution in [0.25, 0.3) is 0 Å². The molecule has 0 aliphatic heterocycles. The predicted octanol–water partition coefficient (Wildman–Crippen LogP) is 2.89. The van der Waals surface area contributed by atoms with Crippen molar-refractivity contribution in [3.05, 3.63) is 29.8 Å². The van der Waals surface area contributed by atoms with Crippen molar-refractivity contribution in [2.45, 2.75) is 33.1 Å². The molecule has 1 rings (SSSR count). The van der Waals surface area contributed by atoms with Crippen molar-refractivity contribution >= 4 is 28.8 Å². The zero-order valence-electron chi connectivity index (χ0n) is 10.9. The molecule has 1 unspecified atom stereocenters. The zero-order valence-corrected chi connectivity index (χ0v) is 11.7. The van der Waals surface area contributed by atoms with Crippen LogP contribution < -0.4 is 11.1 Å². The van der Waals surface area contributed by atoms with E-state index in [1.165, 1.54) is 0 Å². The molecule has 0 aliphatic rings. The van der Waals surface area contributed by atoms with Crippen molar-refractivity contribution in [2.75, 3.05) is 5.32 Å². The van der Waals surface area contributed by atoms with Gasteiger partial charge < -0.3 is 11.1 Å². The number of nitrogens with one attached hydrogen (secondary N) is 1. The number of hydrogen-bond acceptors (Lipinski definition) is 2.